The molecule has 2 aliphatic heterocycles. The van der Waals surface area contributed by atoms with Crippen LogP contribution in [0.25, 0.3) is 0 Å². The molecular weight excluding hydrogens is 298 g/mol. The number of nitrogens with one attached hydrogen (secondary N) is 1. The lowest BCUT2D eigenvalue weighted by Gasteiger charge is -2.33. The van der Waals surface area contributed by atoms with Crippen LogP contribution < -0.4 is 10.2 Å². The first kappa shape index (κ1) is 17.1. The minimum atomic E-state index is 0. The average Bonchev–Trinajstić information content (AvgIpc) is 2.91. The van der Waals surface area contributed by atoms with Crippen molar-refractivity contribution in [1.82, 2.24) is 10.2 Å². The number of amides is 1. The van der Waals surface area contributed by atoms with Gasteiger partial charge >= 0.3 is 0 Å². The van der Waals surface area contributed by atoms with Crippen molar-refractivity contribution in [2.24, 2.45) is 5.41 Å². The number of carbonyl (C=O) groups excluding carboxylic acids is 1. The molecule has 122 valence electrons. The van der Waals surface area contributed by atoms with Crippen LogP contribution >= 0.6 is 12.4 Å². The molecule has 0 radical (unpaired) electrons. The van der Waals surface area contributed by atoms with Gasteiger partial charge in [0.25, 0.3) is 5.91 Å². The highest BCUT2D eigenvalue weighted by Crippen LogP contribution is 2.39. The Hall–Kier alpha value is -1.26. The summed E-state index contributed by atoms with van der Waals surface area (Å²) >= 11 is 0. The highest BCUT2D eigenvalue weighted by Gasteiger charge is 2.40. The molecule has 2 saturated heterocycles. The van der Waals surface area contributed by atoms with Crippen molar-refractivity contribution in [1.29, 1.82) is 0 Å². The minimum absolute atomic E-state index is 0. The van der Waals surface area contributed by atoms with E-state index in [4.69, 9.17) is 0 Å². The minimum Gasteiger partial charge on any atom is -0.378 e. The SMILES string of the molecule is CN(C)c1cccc(C(=O)N2CCC3(CCNCC3)C2)c1.Cl. The Morgan fingerprint density at radius 3 is 2.64 bits per heavy atom. The summed E-state index contributed by atoms with van der Waals surface area (Å²) in [5.41, 5.74) is 2.27. The van der Waals surface area contributed by atoms with Crippen LogP contribution in [-0.4, -0.2) is 51.1 Å². The summed E-state index contributed by atoms with van der Waals surface area (Å²) in [5, 5.41) is 3.42. The summed E-state index contributed by atoms with van der Waals surface area (Å²) in [4.78, 5) is 16.8. The van der Waals surface area contributed by atoms with Crippen molar-refractivity contribution in [2.45, 2.75) is 19.3 Å². The van der Waals surface area contributed by atoms with Crippen molar-refractivity contribution < 1.29 is 4.79 Å². The Labute approximate surface area is 139 Å². The molecule has 0 aromatic heterocycles. The van der Waals surface area contributed by atoms with E-state index in [1.165, 1.54) is 12.8 Å². The monoisotopic (exact) mass is 323 g/mol. The maximum Gasteiger partial charge on any atom is 0.253 e. The normalized spacial score (nSPS) is 19.8. The lowest BCUT2D eigenvalue weighted by Crippen LogP contribution is -2.39. The fraction of sp³-hybridized carbons (Fsp3) is 0.588. The fourth-order valence-electron chi connectivity index (χ4n) is 3.57. The predicted molar refractivity (Wildman–Crippen MR) is 93.1 cm³/mol. The molecule has 5 heteroatoms. The van der Waals surface area contributed by atoms with E-state index in [0.717, 1.165) is 43.9 Å². The van der Waals surface area contributed by atoms with Gasteiger partial charge in [-0.05, 0) is 56.0 Å². The smallest absolute Gasteiger partial charge is 0.253 e. The van der Waals surface area contributed by atoms with E-state index in [1.54, 1.807) is 0 Å². The summed E-state index contributed by atoms with van der Waals surface area (Å²) in [6, 6.07) is 7.94. The van der Waals surface area contributed by atoms with Gasteiger partial charge in [0.2, 0.25) is 0 Å². The van der Waals surface area contributed by atoms with Crippen LogP contribution in [0.1, 0.15) is 29.6 Å². The number of nitrogens with zero attached hydrogens (tertiary/aromatic N) is 2. The lowest BCUT2D eigenvalue weighted by atomic mass is 9.78. The summed E-state index contributed by atoms with van der Waals surface area (Å²) < 4.78 is 0. The van der Waals surface area contributed by atoms with Gasteiger partial charge in [0.1, 0.15) is 0 Å². The standard InChI is InChI=1S/C17H25N3O.ClH/c1-19(2)15-5-3-4-14(12-15)16(21)20-11-8-17(13-20)6-9-18-10-7-17;/h3-5,12,18H,6-11,13H2,1-2H3;1H. The zero-order valence-corrected chi connectivity index (χ0v) is 14.3. The molecule has 0 saturated carbocycles. The molecular formula is C17H26ClN3O. The highest BCUT2D eigenvalue weighted by atomic mass is 35.5. The van der Waals surface area contributed by atoms with E-state index < -0.39 is 0 Å². The van der Waals surface area contributed by atoms with Gasteiger partial charge in [-0.25, -0.2) is 0 Å². The second kappa shape index (κ2) is 6.88. The number of likely N-dealkylation sites (tertiary alicyclic amines) is 1. The Morgan fingerprint density at radius 2 is 1.95 bits per heavy atom. The third-order valence-electron chi connectivity index (χ3n) is 5.00. The maximum absolute atomic E-state index is 12.7. The summed E-state index contributed by atoms with van der Waals surface area (Å²) in [6.45, 7) is 4.03. The molecule has 2 fully saturated rings. The topological polar surface area (TPSA) is 35.6 Å². The maximum atomic E-state index is 12.7. The van der Waals surface area contributed by atoms with Crippen LogP contribution in [0.3, 0.4) is 0 Å². The largest absolute Gasteiger partial charge is 0.378 e. The lowest BCUT2D eigenvalue weighted by molar-refractivity contribution is 0.0762. The first-order valence-corrected chi connectivity index (χ1v) is 7.87. The van der Waals surface area contributed by atoms with Crippen LogP contribution in [0.4, 0.5) is 5.69 Å². The zero-order chi connectivity index (χ0) is 14.9. The predicted octanol–water partition coefficient (Wildman–Crippen LogP) is 2.39. The van der Waals surface area contributed by atoms with Gasteiger partial charge < -0.3 is 15.1 Å². The quantitative estimate of drug-likeness (QED) is 0.907. The number of carbonyl (C=O) groups is 1. The molecule has 1 aromatic carbocycles. The molecule has 0 bridgehead atoms. The summed E-state index contributed by atoms with van der Waals surface area (Å²) in [7, 11) is 4.01. The molecule has 1 spiro atoms. The van der Waals surface area contributed by atoms with Crippen LogP contribution in [0.15, 0.2) is 24.3 Å². The van der Waals surface area contributed by atoms with Gasteiger partial charge in [-0.1, -0.05) is 6.07 Å². The molecule has 1 amide bonds. The van der Waals surface area contributed by atoms with E-state index >= 15 is 0 Å². The van der Waals surface area contributed by atoms with Crippen LogP contribution in [0.5, 0.6) is 0 Å². The molecule has 0 atom stereocenters. The number of anilines is 1. The van der Waals surface area contributed by atoms with Gasteiger partial charge in [0, 0.05) is 38.4 Å². The molecule has 0 aliphatic carbocycles. The van der Waals surface area contributed by atoms with E-state index in [0.29, 0.717) is 5.41 Å². The zero-order valence-electron chi connectivity index (χ0n) is 13.5. The molecule has 2 heterocycles. The number of rotatable bonds is 2. The second-order valence-corrected chi connectivity index (χ2v) is 6.67. The number of hydrogen-bond acceptors (Lipinski definition) is 3. The first-order chi connectivity index (χ1) is 10.1. The Bertz CT molecular complexity index is 526. The first-order valence-electron chi connectivity index (χ1n) is 7.87. The van der Waals surface area contributed by atoms with Crippen LogP contribution in [0, 0.1) is 5.41 Å². The van der Waals surface area contributed by atoms with Gasteiger partial charge in [-0.3, -0.25) is 4.79 Å². The number of hydrogen-bond donors (Lipinski definition) is 1. The molecule has 22 heavy (non-hydrogen) atoms. The van der Waals surface area contributed by atoms with E-state index in [2.05, 4.69) is 10.2 Å². The Kier molecular flexibility index (Phi) is 5.35. The molecule has 3 rings (SSSR count). The molecule has 0 unspecified atom stereocenters. The molecule has 1 aromatic rings. The van der Waals surface area contributed by atoms with Crippen molar-refractivity contribution in [3.63, 3.8) is 0 Å². The fourth-order valence-corrected chi connectivity index (χ4v) is 3.57. The van der Waals surface area contributed by atoms with E-state index in [1.807, 2.05) is 43.3 Å². The van der Waals surface area contributed by atoms with E-state index in [9.17, 15) is 4.79 Å². The average molecular weight is 324 g/mol. The van der Waals surface area contributed by atoms with Gasteiger partial charge in [-0.15, -0.1) is 12.4 Å². The van der Waals surface area contributed by atoms with E-state index in [-0.39, 0.29) is 18.3 Å². The number of benzene rings is 1. The van der Waals surface area contributed by atoms with Crippen molar-refractivity contribution in [3.8, 4) is 0 Å². The van der Waals surface area contributed by atoms with Gasteiger partial charge in [0.05, 0.1) is 0 Å². The van der Waals surface area contributed by atoms with Crippen molar-refractivity contribution in [3.05, 3.63) is 29.8 Å². The third kappa shape index (κ3) is 3.39. The van der Waals surface area contributed by atoms with Crippen LogP contribution in [-0.2, 0) is 0 Å². The van der Waals surface area contributed by atoms with Crippen molar-refractivity contribution >= 4 is 24.0 Å². The highest BCUT2D eigenvalue weighted by molar-refractivity contribution is 5.95. The molecule has 1 N–H and O–H groups in total. The van der Waals surface area contributed by atoms with Gasteiger partial charge in [0.15, 0.2) is 0 Å². The Balaban J connectivity index is 0.00000176. The molecule has 4 nitrogen and oxygen atoms in total. The Morgan fingerprint density at radius 1 is 1.23 bits per heavy atom. The number of piperidine rings is 1. The second-order valence-electron chi connectivity index (χ2n) is 6.67. The summed E-state index contributed by atoms with van der Waals surface area (Å²) in [5.74, 6) is 0.189. The van der Waals surface area contributed by atoms with Crippen molar-refractivity contribution in [2.75, 3.05) is 45.2 Å². The molecule has 2 aliphatic rings. The number of halogens is 1. The third-order valence-corrected chi connectivity index (χ3v) is 5.00. The van der Waals surface area contributed by atoms with Gasteiger partial charge in [-0.2, -0.15) is 0 Å². The van der Waals surface area contributed by atoms with Crippen LogP contribution in [0.2, 0.25) is 0 Å². The summed E-state index contributed by atoms with van der Waals surface area (Å²) in [6.07, 6.45) is 3.57.